The number of fused-ring (bicyclic) bond motifs is 1. The van der Waals surface area contributed by atoms with Crippen molar-refractivity contribution in [2.24, 2.45) is 0 Å². The summed E-state index contributed by atoms with van der Waals surface area (Å²) in [6, 6.07) is 10.7. The lowest BCUT2D eigenvalue weighted by Crippen LogP contribution is -2.29. The Balaban J connectivity index is 2.00. The standard InChI is InChI=1S/C13H12ClNS/c14-10-3-1-9(2-4-10)13-11-6-8-16-12(11)5-7-15-13/h1-4,6,8,13,15H,5,7H2/t13-/m1/s1. The molecule has 1 atom stereocenters. The fraction of sp³-hybridized carbons (Fsp3) is 0.231. The second-order valence-corrected chi connectivity index (χ2v) is 5.42. The number of halogens is 1. The summed E-state index contributed by atoms with van der Waals surface area (Å²) in [5.41, 5.74) is 2.72. The van der Waals surface area contributed by atoms with Gasteiger partial charge in [0, 0.05) is 16.4 Å². The van der Waals surface area contributed by atoms with E-state index in [9.17, 15) is 0 Å². The summed E-state index contributed by atoms with van der Waals surface area (Å²) in [5.74, 6) is 0. The second kappa shape index (κ2) is 4.21. The number of benzene rings is 1. The molecule has 2 aromatic rings. The van der Waals surface area contributed by atoms with Crippen molar-refractivity contribution >= 4 is 22.9 Å². The van der Waals surface area contributed by atoms with Gasteiger partial charge >= 0.3 is 0 Å². The molecule has 1 aromatic heterocycles. The Hall–Kier alpha value is -0.830. The van der Waals surface area contributed by atoms with E-state index in [0.717, 1.165) is 18.0 Å². The van der Waals surface area contributed by atoms with Crippen molar-refractivity contribution in [3.05, 3.63) is 56.7 Å². The fourth-order valence-corrected chi connectivity index (χ4v) is 3.25. The minimum absolute atomic E-state index is 0.340. The maximum atomic E-state index is 5.91. The van der Waals surface area contributed by atoms with Crippen LogP contribution in [-0.2, 0) is 6.42 Å². The van der Waals surface area contributed by atoms with Crippen LogP contribution in [0.25, 0.3) is 0 Å². The molecule has 0 bridgehead atoms. The van der Waals surface area contributed by atoms with E-state index >= 15 is 0 Å². The van der Waals surface area contributed by atoms with Gasteiger partial charge in [0.2, 0.25) is 0 Å². The second-order valence-electron chi connectivity index (χ2n) is 3.99. The van der Waals surface area contributed by atoms with Gasteiger partial charge in [-0.25, -0.2) is 0 Å². The van der Waals surface area contributed by atoms with Crippen LogP contribution in [0, 0.1) is 0 Å². The van der Waals surface area contributed by atoms with Crippen LogP contribution in [0.3, 0.4) is 0 Å². The first-order valence-electron chi connectivity index (χ1n) is 5.40. The van der Waals surface area contributed by atoms with Gasteiger partial charge in [-0.05, 0) is 41.1 Å². The zero-order valence-corrected chi connectivity index (χ0v) is 10.3. The van der Waals surface area contributed by atoms with E-state index in [1.54, 1.807) is 0 Å². The smallest absolute Gasteiger partial charge is 0.0587 e. The van der Waals surface area contributed by atoms with Crippen LogP contribution in [0.15, 0.2) is 35.7 Å². The Morgan fingerprint density at radius 3 is 2.81 bits per heavy atom. The molecule has 0 aliphatic carbocycles. The third kappa shape index (κ3) is 1.77. The molecule has 0 radical (unpaired) electrons. The highest BCUT2D eigenvalue weighted by Gasteiger charge is 2.21. The van der Waals surface area contributed by atoms with Crippen LogP contribution < -0.4 is 5.32 Å². The molecule has 0 fully saturated rings. The van der Waals surface area contributed by atoms with Crippen LogP contribution in [0.5, 0.6) is 0 Å². The SMILES string of the molecule is Clc1ccc([C@H]2NCCc3sccc32)cc1. The Bertz CT molecular complexity index is 489. The van der Waals surface area contributed by atoms with Gasteiger partial charge in [0.1, 0.15) is 0 Å². The summed E-state index contributed by atoms with van der Waals surface area (Å²) in [6.45, 7) is 1.06. The third-order valence-corrected chi connectivity index (χ3v) is 4.24. The molecule has 0 saturated heterocycles. The highest BCUT2D eigenvalue weighted by atomic mass is 35.5. The number of hydrogen-bond acceptors (Lipinski definition) is 2. The molecule has 3 heteroatoms. The van der Waals surface area contributed by atoms with Gasteiger partial charge in [0.15, 0.2) is 0 Å². The zero-order valence-electron chi connectivity index (χ0n) is 8.74. The van der Waals surface area contributed by atoms with Gasteiger partial charge in [-0.3, -0.25) is 0 Å². The van der Waals surface area contributed by atoms with E-state index in [0.29, 0.717) is 6.04 Å². The molecule has 2 heterocycles. The van der Waals surface area contributed by atoms with Crippen LogP contribution >= 0.6 is 22.9 Å². The van der Waals surface area contributed by atoms with E-state index in [2.05, 4.69) is 28.9 Å². The predicted molar refractivity (Wildman–Crippen MR) is 69.3 cm³/mol. The normalized spacial score (nSPS) is 19.4. The van der Waals surface area contributed by atoms with Crippen molar-refractivity contribution in [1.29, 1.82) is 0 Å². The number of rotatable bonds is 1. The lowest BCUT2D eigenvalue weighted by Gasteiger charge is -2.24. The Kier molecular flexibility index (Phi) is 2.72. The van der Waals surface area contributed by atoms with Gasteiger partial charge < -0.3 is 5.32 Å². The fourth-order valence-electron chi connectivity index (χ4n) is 2.20. The zero-order chi connectivity index (χ0) is 11.0. The molecule has 1 aliphatic rings. The summed E-state index contributed by atoms with van der Waals surface area (Å²) < 4.78 is 0. The number of hydrogen-bond donors (Lipinski definition) is 1. The molecule has 0 saturated carbocycles. The summed E-state index contributed by atoms with van der Waals surface area (Å²) in [4.78, 5) is 1.51. The number of nitrogens with one attached hydrogen (secondary N) is 1. The van der Waals surface area contributed by atoms with Gasteiger partial charge in [0.05, 0.1) is 6.04 Å². The molecule has 0 amide bonds. The molecule has 0 unspecified atom stereocenters. The molecule has 1 aliphatic heterocycles. The maximum Gasteiger partial charge on any atom is 0.0587 e. The maximum absolute atomic E-state index is 5.91. The quantitative estimate of drug-likeness (QED) is 0.814. The lowest BCUT2D eigenvalue weighted by atomic mass is 9.96. The van der Waals surface area contributed by atoms with E-state index in [1.807, 2.05) is 23.5 Å². The minimum Gasteiger partial charge on any atom is -0.306 e. The van der Waals surface area contributed by atoms with Crippen LogP contribution in [0.1, 0.15) is 22.0 Å². The van der Waals surface area contributed by atoms with Crippen LogP contribution in [0.2, 0.25) is 5.02 Å². The minimum atomic E-state index is 0.340. The third-order valence-electron chi connectivity index (χ3n) is 2.99. The van der Waals surface area contributed by atoms with Crippen LogP contribution in [0.4, 0.5) is 0 Å². The predicted octanol–water partition coefficient (Wildman–Crippen LogP) is 3.64. The first-order valence-corrected chi connectivity index (χ1v) is 6.65. The largest absolute Gasteiger partial charge is 0.306 e. The highest BCUT2D eigenvalue weighted by Crippen LogP contribution is 2.32. The van der Waals surface area contributed by atoms with E-state index in [1.165, 1.54) is 16.0 Å². The molecule has 0 spiro atoms. The van der Waals surface area contributed by atoms with Gasteiger partial charge in [-0.15, -0.1) is 11.3 Å². The average Bonchev–Trinajstić information content (AvgIpc) is 2.78. The summed E-state index contributed by atoms with van der Waals surface area (Å²) in [6.07, 6.45) is 1.15. The van der Waals surface area contributed by atoms with Crippen molar-refractivity contribution in [3.8, 4) is 0 Å². The van der Waals surface area contributed by atoms with Crippen molar-refractivity contribution in [1.82, 2.24) is 5.32 Å². The van der Waals surface area contributed by atoms with Crippen molar-refractivity contribution in [2.75, 3.05) is 6.54 Å². The van der Waals surface area contributed by atoms with E-state index in [-0.39, 0.29) is 0 Å². The molecular formula is C13H12ClNS. The Morgan fingerprint density at radius 1 is 1.19 bits per heavy atom. The lowest BCUT2D eigenvalue weighted by molar-refractivity contribution is 0.575. The summed E-state index contributed by atoms with van der Waals surface area (Å²) in [7, 11) is 0. The van der Waals surface area contributed by atoms with E-state index < -0.39 is 0 Å². The van der Waals surface area contributed by atoms with E-state index in [4.69, 9.17) is 11.6 Å². The topological polar surface area (TPSA) is 12.0 Å². The number of thiophene rings is 1. The van der Waals surface area contributed by atoms with Crippen LogP contribution in [-0.4, -0.2) is 6.54 Å². The summed E-state index contributed by atoms with van der Waals surface area (Å²) >= 11 is 7.77. The molecule has 1 N–H and O–H groups in total. The summed E-state index contributed by atoms with van der Waals surface area (Å²) in [5, 5.41) is 6.54. The van der Waals surface area contributed by atoms with Crippen molar-refractivity contribution < 1.29 is 0 Å². The molecule has 1 aromatic carbocycles. The van der Waals surface area contributed by atoms with Crippen molar-refractivity contribution in [2.45, 2.75) is 12.5 Å². The monoisotopic (exact) mass is 249 g/mol. The molecular weight excluding hydrogens is 238 g/mol. The Morgan fingerprint density at radius 2 is 2.00 bits per heavy atom. The van der Waals surface area contributed by atoms with Crippen molar-refractivity contribution in [3.63, 3.8) is 0 Å². The molecule has 82 valence electrons. The van der Waals surface area contributed by atoms with Gasteiger partial charge in [-0.1, -0.05) is 23.7 Å². The van der Waals surface area contributed by atoms with Gasteiger partial charge in [0.25, 0.3) is 0 Å². The first-order chi connectivity index (χ1) is 7.84. The highest BCUT2D eigenvalue weighted by molar-refractivity contribution is 7.10. The average molecular weight is 250 g/mol. The van der Waals surface area contributed by atoms with Gasteiger partial charge in [-0.2, -0.15) is 0 Å². The molecule has 3 rings (SSSR count). The molecule has 16 heavy (non-hydrogen) atoms. The Labute approximate surface area is 104 Å². The first kappa shape index (κ1) is 10.3. The molecule has 1 nitrogen and oxygen atoms in total.